The van der Waals surface area contributed by atoms with E-state index in [0.717, 1.165) is 50.9 Å². The number of nitrogens with one attached hydrogen (secondary N) is 1. The molecule has 5 heteroatoms. The molecule has 1 fully saturated rings. The quantitative estimate of drug-likeness (QED) is 0.598. The molecule has 3 rings (SSSR count). The van der Waals surface area contributed by atoms with Crippen LogP contribution < -0.4 is 19.7 Å². The number of benzene rings is 2. The molecule has 2 aromatic rings. The Kier molecular flexibility index (Phi) is 8.15. The topological polar surface area (TPSA) is 48.7 Å². The molecule has 0 aliphatic carbocycles. The van der Waals surface area contributed by atoms with Crippen molar-refractivity contribution >= 4 is 0 Å². The van der Waals surface area contributed by atoms with Crippen LogP contribution in [0, 0.1) is 6.92 Å². The standard InChI is InChI=1S/C23H32N2O3/c1-19-5-3-6-21(15-19)18-28-22-8-7-20(16-23(22)26-2)17-24-9-4-10-25-11-13-27-14-12-25/h3,5-8,15-16,24H,4,9-14,17-18H2,1-2H3/p+2. The number of quaternary nitrogens is 2. The van der Waals surface area contributed by atoms with Crippen molar-refractivity contribution in [3.63, 3.8) is 0 Å². The first-order chi connectivity index (χ1) is 13.7. The van der Waals surface area contributed by atoms with Gasteiger partial charge in [-0.1, -0.05) is 29.8 Å². The molecule has 3 N–H and O–H groups in total. The minimum absolute atomic E-state index is 0.549. The maximum atomic E-state index is 5.99. The number of hydrogen-bond acceptors (Lipinski definition) is 3. The number of methoxy groups -OCH3 is 1. The van der Waals surface area contributed by atoms with E-state index < -0.39 is 0 Å². The summed E-state index contributed by atoms with van der Waals surface area (Å²) < 4.78 is 17.0. The molecule has 5 nitrogen and oxygen atoms in total. The van der Waals surface area contributed by atoms with Gasteiger partial charge in [-0.2, -0.15) is 0 Å². The Balaban J connectivity index is 1.43. The SMILES string of the molecule is COc1cc(C[NH2+]CCC[NH+]2CCOCC2)ccc1OCc1cccc(C)c1. The summed E-state index contributed by atoms with van der Waals surface area (Å²) in [5.74, 6) is 1.60. The van der Waals surface area contributed by atoms with Gasteiger partial charge in [0.1, 0.15) is 26.2 Å². The van der Waals surface area contributed by atoms with Crippen molar-refractivity contribution in [3.05, 3.63) is 59.2 Å². The lowest BCUT2D eigenvalue weighted by Crippen LogP contribution is -3.14. The molecular weight excluding hydrogens is 352 g/mol. The van der Waals surface area contributed by atoms with Crippen molar-refractivity contribution in [1.29, 1.82) is 0 Å². The summed E-state index contributed by atoms with van der Waals surface area (Å²) in [7, 11) is 1.70. The highest BCUT2D eigenvalue weighted by Gasteiger charge is 2.13. The van der Waals surface area contributed by atoms with Crippen LogP contribution in [0.4, 0.5) is 0 Å². The molecule has 0 atom stereocenters. The summed E-state index contributed by atoms with van der Waals surface area (Å²) in [6.07, 6.45) is 1.24. The van der Waals surface area contributed by atoms with Crippen LogP contribution in [0.1, 0.15) is 23.1 Å². The Morgan fingerprint density at radius 2 is 1.89 bits per heavy atom. The van der Waals surface area contributed by atoms with Gasteiger partial charge in [-0.3, -0.25) is 0 Å². The van der Waals surface area contributed by atoms with Crippen molar-refractivity contribution < 1.29 is 24.4 Å². The van der Waals surface area contributed by atoms with Crippen LogP contribution in [0.3, 0.4) is 0 Å². The number of rotatable bonds is 10. The Morgan fingerprint density at radius 3 is 2.68 bits per heavy atom. The average Bonchev–Trinajstić information content (AvgIpc) is 2.73. The van der Waals surface area contributed by atoms with E-state index in [9.17, 15) is 0 Å². The molecule has 0 aromatic heterocycles. The molecule has 1 saturated heterocycles. The van der Waals surface area contributed by atoms with Gasteiger partial charge in [-0.05, 0) is 30.7 Å². The van der Waals surface area contributed by atoms with Crippen molar-refractivity contribution in [2.75, 3.05) is 46.5 Å². The first kappa shape index (κ1) is 20.6. The van der Waals surface area contributed by atoms with Crippen LogP contribution in [0.5, 0.6) is 11.5 Å². The molecule has 0 spiro atoms. The van der Waals surface area contributed by atoms with E-state index >= 15 is 0 Å². The Bertz CT molecular complexity index is 730. The van der Waals surface area contributed by atoms with E-state index in [0.29, 0.717) is 6.61 Å². The lowest BCUT2D eigenvalue weighted by Gasteiger charge is -2.23. The van der Waals surface area contributed by atoms with Crippen molar-refractivity contribution in [2.45, 2.75) is 26.5 Å². The Morgan fingerprint density at radius 1 is 1.04 bits per heavy atom. The maximum Gasteiger partial charge on any atom is 0.161 e. The summed E-state index contributed by atoms with van der Waals surface area (Å²) in [5, 5.41) is 2.38. The molecule has 152 valence electrons. The van der Waals surface area contributed by atoms with Crippen LogP contribution >= 0.6 is 0 Å². The summed E-state index contributed by atoms with van der Waals surface area (Å²) in [6, 6.07) is 14.6. The van der Waals surface area contributed by atoms with Gasteiger partial charge < -0.3 is 24.4 Å². The number of hydrogen-bond donors (Lipinski definition) is 2. The predicted molar refractivity (Wildman–Crippen MR) is 110 cm³/mol. The second-order valence-corrected chi connectivity index (χ2v) is 7.51. The van der Waals surface area contributed by atoms with Crippen LogP contribution in [0.15, 0.2) is 42.5 Å². The van der Waals surface area contributed by atoms with Crippen LogP contribution in [-0.4, -0.2) is 46.5 Å². The van der Waals surface area contributed by atoms with Gasteiger partial charge in [0.05, 0.1) is 33.4 Å². The molecule has 1 heterocycles. The lowest BCUT2D eigenvalue weighted by atomic mass is 10.1. The minimum Gasteiger partial charge on any atom is -0.493 e. The van der Waals surface area contributed by atoms with E-state index in [-0.39, 0.29) is 0 Å². The normalized spacial score (nSPS) is 14.8. The molecule has 0 saturated carbocycles. The molecule has 0 radical (unpaired) electrons. The van der Waals surface area contributed by atoms with E-state index in [1.165, 1.54) is 29.7 Å². The summed E-state index contributed by atoms with van der Waals surface area (Å²) in [4.78, 5) is 1.68. The number of ether oxygens (including phenoxy) is 3. The highest BCUT2D eigenvalue weighted by molar-refractivity contribution is 5.43. The summed E-state index contributed by atoms with van der Waals surface area (Å²) in [5.41, 5.74) is 3.68. The van der Waals surface area contributed by atoms with Crippen molar-refractivity contribution in [2.24, 2.45) is 0 Å². The zero-order chi connectivity index (χ0) is 19.6. The first-order valence-corrected chi connectivity index (χ1v) is 10.3. The number of aryl methyl sites for hydroxylation is 1. The van der Waals surface area contributed by atoms with Crippen molar-refractivity contribution in [3.8, 4) is 11.5 Å². The molecular formula is C23H34N2O3+2. The molecule has 28 heavy (non-hydrogen) atoms. The van der Waals surface area contributed by atoms with Gasteiger partial charge in [-0.25, -0.2) is 0 Å². The fourth-order valence-corrected chi connectivity index (χ4v) is 3.60. The Hall–Kier alpha value is -2.08. The largest absolute Gasteiger partial charge is 0.493 e. The second-order valence-electron chi connectivity index (χ2n) is 7.51. The van der Waals surface area contributed by atoms with E-state index in [1.807, 2.05) is 6.07 Å². The molecule has 1 aliphatic rings. The minimum atomic E-state index is 0.549. The summed E-state index contributed by atoms with van der Waals surface area (Å²) >= 11 is 0. The van der Waals surface area contributed by atoms with E-state index in [1.54, 1.807) is 12.0 Å². The molecule has 1 aliphatic heterocycles. The zero-order valence-corrected chi connectivity index (χ0v) is 17.2. The monoisotopic (exact) mass is 386 g/mol. The van der Waals surface area contributed by atoms with Crippen molar-refractivity contribution in [1.82, 2.24) is 0 Å². The molecule has 0 unspecified atom stereocenters. The number of nitrogens with two attached hydrogens (primary N) is 1. The lowest BCUT2D eigenvalue weighted by molar-refractivity contribution is -0.909. The van der Waals surface area contributed by atoms with Gasteiger partial charge in [0.15, 0.2) is 11.5 Å². The fourth-order valence-electron chi connectivity index (χ4n) is 3.60. The van der Waals surface area contributed by atoms with Gasteiger partial charge in [0.25, 0.3) is 0 Å². The fraction of sp³-hybridized carbons (Fsp3) is 0.478. The first-order valence-electron chi connectivity index (χ1n) is 10.3. The zero-order valence-electron chi connectivity index (χ0n) is 17.2. The number of morpholine rings is 1. The van der Waals surface area contributed by atoms with Gasteiger partial charge >= 0.3 is 0 Å². The van der Waals surface area contributed by atoms with E-state index in [2.05, 4.69) is 48.6 Å². The third-order valence-corrected chi connectivity index (χ3v) is 5.22. The highest BCUT2D eigenvalue weighted by atomic mass is 16.5. The average molecular weight is 387 g/mol. The maximum absolute atomic E-state index is 5.99. The van der Waals surface area contributed by atoms with E-state index in [4.69, 9.17) is 14.2 Å². The molecule has 0 amide bonds. The Labute approximate surface area is 168 Å². The van der Waals surface area contributed by atoms with Crippen LogP contribution in [0.25, 0.3) is 0 Å². The van der Waals surface area contributed by atoms with Crippen LogP contribution in [-0.2, 0) is 17.9 Å². The van der Waals surface area contributed by atoms with Gasteiger partial charge in [0.2, 0.25) is 0 Å². The second kappa shape index (κ2) is 11.1. The smallest absolute Gasteiger partial charge is 0.161 e. The predicted octanol–water partition coefficient (Wildman–Crippen LogP) is 0.951. The highest BCUT2D eigenvalue weighted by Crippen LogP contribution is 2.28. The molecule has 0 bridgehead atoms. The van der Waals surface area contributed by atoms with Crippen LogP contribution in [0.2, 0.25) is 0 Å². The molecule has 2 aromatic carbocycles. The van der Waals surface area contributed by atoms with Gasteiger partial charge in [0, 0.05) is 12.0 Å². The third-order valence-electron chi connectivity index (χ3n) is 5.22. The summed E-state index contributed by atoms with van der Waals surface area (Å²) in [6.45, 7) is 10.1. The van der Waals surface area contributed by atoms with Gasteiger partial charge in [-0.15, -0.1) is 0 Å². The third kappa shape index (κ3) is 6.51.